The van der Waals surface area contributed by atoms with Gasteiger partial charge in [0, 0.05) is 33.4 Å². The zero-order valence-corrected chi connectivity index (χ0v) is 17.5. The summed E-state index contributed by atoms with van der Waals surface area (Å²) in [4.78, 5) is 4.28. The van der Waals surface area contributed by atoms with E-state index in [1.54, 1.807) is 0 Å². The predicted molar refractivity (Wildman–Crippen MR) is 113 cm³/mol. The molecule has 24 heavy (non-hydrogen) atoms. The fourth-order valence-corrected chi connectivity index (χ4v) is 2.40. The van der Waals surface area contributed by atoms with Crippen molar-refractivity contribution in [2.45, 2.75) is 39.0 Å². The first kappa shape index (κ1) is 21.2. The van der Waals surface area contributed by atoms with Crippen LogP contribution < -0.4 is 10.6 Å². The van der Waals surface area contributed by atoms with Crippen LogP contribution in [-0.2, 0) is 4.74 Å². The summed E-state index contributed by atoms with van der Waals surface area (Å²) in [5.74, 6) is 2.17. The molecule has 1 aromatic carbocycles. The van der Waals surface area contributed by atoms with Gasteiger partial charge in [-0.2, -0.15) is 0 Å². The van der Waals surface area contributed by atoms with Gasteiger partial charge >= 0.3 is 0 Å². The molecule has 0 amide bonds. The Morgan fingerprint density at radius 3 is 2.58 bits per heavy atom. The minimum Gasteiger partial charge on any atom is -0.381 e. The maximum atomic E-state index is 5.64. The molecular formula is C19H32IN3O. The van der Waals surface area contributed by atoms with E-state index in [1.165, 1.54) is 24.0 Å². The Labute approximate surface area is 163 Å². The highest BCUT2D eigenvalue weighted by molar-refractivity contribution is 14.0. The van der Waals surface area contributed by atoms with Crippen molar-refractivity contribution in [2.75, 3.05) is 33.4 Å². The average molecular weight is 445 g/mol. The second kappa shape index (κ2) is 11.7. The lowest BCUT2D eigenvalue weighted by Gasteiger charge is -2.16. The maximum Gasteiger partial charge on any atom is 0.190 e. The Morgan fingerprint density at radius 1 is 1.25 bits per heavy atom. The third-order valence-corrected chi connectivity index (χ3v) is 4.25. The SMILES string of the molecule is CN=C(NCCCOCC1CC1)NCC(C)c1ccc(C)cc1.I. The van der Waals surface area contributed by atoms with Crippen LogP contribution in [0.1, 0.15) is 43.2 Å². The summed E-state index contributed by atoms with van der Waals surface area (Å²) in [7, 11) is 1.81. The molecule has 0 aliphatic heterocycles. The molecule has 1 aromatic rings. The highest BCUT2D eigenvalue weighted by atomic mass is 127. The van der Waals surface area contributed by atoms with Gasteiger partial charge in [0.2, 0.25) is 0 Å². The summed E-state index contributed by atoms with van der Waals surface area (Å²) < 4.78 is 5.64. The highest BCUT2D eigenvalue weighted by Gasteiger charge is 2.20. The fourth-order valence-electron chi connectivity index (χ4n) is 2.40. The first-order valence-corrected chi connectivity index (χ1v) is 8.78. The van der Waals surface area contributed by atoms with Gasteiger partial charge in [-0.15, -0.1) is 24.0 Å². The Bertz CT molecular complexity index is 486. The Kier molecular flexibility index (Phi) is 10.3. The molecule has 0 saturated heterocycles. The van der Waals surface area contributed by atoms with Gasteiger partial charge in [0.15, 0.2) is 5.96 Å². The van der Waals surface area contributed by atoms with Crippen LogP contribution in [0.5, 0.6) is 0 Å². The van der Waals surface area contributed by atoms with Crippen LogP contribution in [0.3, 0.4) is 0 Å². The fraction of sp³-hybridized carbons (Fsp3) is 0.632. The van der Waals surface area contributed by atoms with E-state index in [0.29, 0.717) is 5.92 Å². The molecule has 1 atom stereocenters. The number of hydrogen-bond acceptors (Lipinski definition) is 2. The van der Waals surface area contributed by atoms with Gasteiger partial charge in [-0.05, 0) is 43.6 Å². The second-order valence-corrected chi connectivity index (χ2v) is 6.56. The smallest absolute Gasteiger partial charge is 0.190 e. The lowest BCUT2D eigenvalue weighted by Crippen LogP contribution is -2.39. The normalized spacial score (nSPS) is 15.5. The first-order chi connectivity index (χ1) is 11.2. The molecule has 2 rings (SSSR count). The molecule has 1 aliphatic carbocycles. The molecule has 1 aliphatic rings. The molecule has 0 heterocycles. The van der Waals surface area contributed by atoms with E-state index in [1.807, 2.05) is 7.05 Å². The third kappa shape index (κ3) is 8.33. The van der Waals surface area contributed by atoms with Crippen molar-refractivity contribution in [2.24, 2.45) is 10.9 Å². The summed E-state index contributed by atoms with van der Waals surface area (Å²) in [6.07, 6.45) is 3.73. The molecule has 5 heteroatoms. The van der Waals surface area contributed by atoms with E-state index < -0.39 is 0 Å². The molecule has 0 aromatic heterocycles. The van der Waals surface area contributed by atoms with Crippen LogP contribution in [0.4, 0.5) is 0 Å². The Balaban J connectivity index is 0.00000288. The van der Waals surface area contributed by atoms with Crippen LogP contribution in [0.15, 0.2) is 29.3 Å². The van der Waals surface area contributed by atoms with E-state index in [9.17, 15) is 0 Å². The van der Waals surface area contributed by atoms with Crippen LogP contribution in [-0.4, -0.2) is 39.3 Å². The number of ether oxygens (including phenoxy) is 1. The topological polar surface area (TPSA) is 45.7 Å². The minimum atomic E-state index is 0. The number of hydrogen-bond donors (Lipinski definition) is 2. The number of rotatable bonds is 9. The lowest BCUT2D eigenvalue weighted by molar-refractivity contribution is 0.123. The van der Waals surface area contributed by atoms with Gasteiger partial charge in [0.1, 0.15) is 0 Å². The Hall–Kier alpha value is -0.820. The van der Waals surface area contributed by atoms with E-state index >= 15 is 0 Å². The maximum absolute atomic E-state index is 5.64. The zero-order valence-electron chi connectivity index (χ0n) is 15.2. The van der Waals surface area contributed by atoms with Gasteiger partial charge in [0.25, 0.3) is 0 Å². The molecule has 136 valence electrons. The van der Waals surface area contributed by atoms with Crippen LogP contribution in [0, 0.1) is 12.8 Å². The molecule has 4 nitrogen and oxygen atoms in total. The van der Waals surface area contributed by atoms with Crippen molar-refractivity contribution in [3.8, 4) is 0 Å². The number of aliphatic imine (C=N–C) groups is 1. The monoisotopic (exact) mass is 445 g/mol. The predicted octanol–water partition coefficient (Wildman–Crippen LogP) is 3.70. The molecule has 2 N–H and O–H groups in total. The summed E-state index contributed by atoms with van der Waals surface area (Å²) in [5.41, 5.74) is 2.65. The van der Waals surface area contributed by atoms with Crippen LogP contribution in [0.25, 0.3) is 0 Å². The summed E-state index contributed by atoms with van der Waals surface area (Å²) in [6.45, 7) is 7.90. The van der Waals surface area contributed by atoms with E-state index in [4.69, 9.17) is 4.74 Å². The first-order valence-electron chi connectivity index (χ1n) is 8.78. The van der Waals surface area contributed by atoms with Crippen LogP contribution >= 0.6 is 24.0 Å². The molecular weight excluding hydrogens is 413 g/mol. The molecule has 0 spiro atoms. The molecule has 1 saturated carbocycles. The van der Waals surface area contributed by atoms with Crippen molar-refractivity contribution in [3.05, 3.63) is 35.4 Å². The minimum absolute atomic E-state index is 0. The van der Waals surface area contributed by atoms with E-state index in [-0.39, 0.29) is 24.0 Å². The lowest BCUT2D eigenvalue weighted by atomic mass is 10.0. The van der Waals surface area contributed by atoms with E-state index in [0.717, 1.165) is 44.6 Å². The molecule has 1 unspecified atom stereocenters. The number of guanidine groups is 1. The largest absolute Gasteiger partial charge is 0.381 e. The number of aryl methyl sites for hydroxylation is 1. The Morgan fingerprint density at radius 2 is 1.96 bits per heavy atom. The third-order valence-electron chi connectivity index (χ3n) is 4.25. The number of nitrogens with one attached hydrogen (secondary N) is 2. The van der Waals surface area contributed by atoms with Crippen molar-refractivity contribution >= 4 is 29.9 Å². The summed E-state index contributed by atoms with van der Waals surface area (Å²) in [5, 5.41) is 6.75. The van der Waals surface area contributed by atoms with Crippen molar-refractivity contribution < 1.29 is 4.74 Å². The van der Waals surface area contributed by atoms with Gasteiger partial charge < -0.3 is 15.4 Å². The standard InChI is InChI=1S/C19H31N3O.HI/c1-15-5-9-18(10-6-15)16(2)13-22-19(20-3)21-11-4-12-23-14-17-7-8-17;/h5-6,9-10,16-17H,4,7-8,11-14H2,1-3H3,(H2,20,21,22);1H. The second-order valence-electron chi connectivity index (χ2n) is 6.56. The van der Waals surface area contributed by atoms with Gasteiger partial charge in [0.05, 0.1) is 0 Å². The van der Waals surface area contributed by atoms with Gasteiger partial charge in [-0.1, -0.05) is 36.8 Å². The average Bonchev–Trinajstić information content (AvgIpc) is 3.38. The summed E-state index contributed by atoms with van der Waals surface area (Å²) in [6, 6.07) is 8.74. The molecule has 1 fully saturated rings. The number of halogens is 1. The van der Waals surface area contributed by atoms with Gasteiger partial charge in [-0.3, -0.25) is 4.99 Å². The van der Waals surface area contributed by atoms with Crippen molar-refractivity contribution in [3.63, 3.8) is 0 Å². The summed E-state index contributed by atoms with van der Waals surface area (Å²) >= 11 is 0. The van der Waals surface area contributed by atoms with E-state index in [2.05, 4.69) is 53.7 Å². The highest BCUT2D eigenvalue weighted by Crippen LogP contribution is 2.28. The number of benzene rings is 1. The zero-order chi connectivity index (χ0) is 16.5. The van der Waals surface area contributed by atoms with Gasteiger partial charge in [-0.25, -0.2) is 0 Å². The quantitative estimate of drug-likeness (QED) is 0.264. The van der Waals surface area contributed by atoms with Crippen molar-refractivity contribution in [1.82, 2.24) is 10.6 Å². The molecule has 0 bridgehead atoms. The van der Waals surface area contributed by atoms with Crippen LogP contribution in [0.2, 0.25) is 0 Å². The number of nitrogens with zero attached hydrogens (tertiary/aromatic N) is 1. The molecule has 0 radical (unpaired) electrons. The van der Waals surface area contributed by atoms with Crippen molar-refractivity contribution in [1.29, 1.82) is 0 Å².